The summed E-state index contributed by atoms with van der Waals surface area (Å²) in [4.78, 5) is 23.3. The van der Waals surface area contributed by atoms with E-state index >= 15 is 0 Å². The van der Waals surface area contributed by atoms with Crippen LogP contribution in [0.25, 0.3) is 0 Å². The van der Waals surface area contributed by atoms with E-state index in [1.807, 2.05) is 0 Å². The largest absolute Gasteiger partial charge is 0.337 e. The molecule has 4 rings (SSSR count). The van der Waals surface area contributed by atoms with Gasteiger partial charge in [-0.25, -0.2) is 4.98 Å². The number of anilines is 2. The maximum Gasteiger partial charge on any atom is 0.272 e. The zero-order chi connectivity index (χ0) is 22.1. The van der Waals surface area contributed by atoms with Crippen molar-refractivity contribution >= 4 is 17.5 Å². The summed E-state index contributed by atoms with van der Waals surface area (Å²) in [5.74, 6) is 1.81. The van der Waals surface area contributed by atoms with Crippen molar-refractivity contribution in [2.24, 2.45) is 5.92 Å². The van der Waals surface area contributed by atoms with Crippen LogP contribution >= 0.6 is 0 Å². The zero-order valence-electron chi connectivity index (χ0n) is 20.0. The molecular formula is C26H38N4O. The van der Waals surface area contributed by atoms with E-state index in [0.717, 1.165) is 62.8 Å². The molecule has 0 radical (unpaired) electrons. The fourth-order valence-corrected chi connectivity index (χ4v) is 5.37. The smallest absolute Gasteiger partial charge is 0.272 e. The highest BCUT2D eigenvalue weighted by Crippen LogP contribution is 2.36. The summed E-state index contributed by atoms with van der Waals surface area (Å²) >= 11 is 0. The Morgan fingerprint density at radius 1 is 1.10 bits per heavy atom. The molecular weight excluding hydrogens is 384 g/mol. The summed E-state index contributed by atoms with van der Waals surface area (Å²) in [7, 11) is 0. The van der Waals surface area contributed by atoms with Crippen molar-refractivity contribution in [2.75, 3.05) is 24.5 Å². The Kier molecular flexibility index (Phi) is 6.40. The number of hydrogen-bond donors (Lipinski definition) is 0. The average molecular weight is 423 g/mol. The van der Waals surface area contributed by atoms with Gasteiger partial charge in [0, 0.05) is 31.9 Å². The average Bonchev–Trinajstić information content (AvgIpc) is 3.08. The van der Waals surface area contributed by atoms with Crippen LogP contribution in [0.2, 0.25) is 0 Å². The molecule has 1 amide bonds. The van der Waals surface area contributed by atoms with Gasteiger partial charge in [-0.15, -0.1) is 0 Å². The van der Waals surface area contributed by atoms with E-state index in [0.29, 0.717) is 5.92 Å². The topological polar surface area (TPSA) is 41.4 Å². The second-order valence-electron chi connectivity index (χ2n) is 9.51. The van der Waals surface area contributed by atoms with Gasteiger partial charge in [0.05, 0.1) is 5.69 Å². The van der Waals surface area contributed by atoms with Crippen molar-refractivity contribution in [2.45, 2.75) is 79.7 Å². The third-order valence-corrected chi connectivity index (χ3v) is 6.95. The van der Waals surface area contributed by atoms with Gasteiger partial charge in [0.15, 0.2) is 0 Å². The second kappa shape index (κ2) is 9.05. The summed E-state index contributed by atoms with van der Waals surface area (Å²) in [6.07, 6.45) is 6.64. The Labute approximate surface area is 187 Å². The molecule has 1 aromatic carbocycles. The second-order valence-corrected chi connectivity index (χ2v) is 9.51. The molecule has 2 heterocycles. The first-order chi connectivity index (χ1) is 14.9. The van der Waals surface area contributed by atoms with E-state index in [4.69, 9.17) is 4.98 Å². The van der Waals surface area contributed by atoms with Gasteiger partial charge in [-0.2, -0.15) is 0 Å². The van der Waals surface area contributed by atoms with Crippen molar-refractivity contribution in [1.29, 1.82) is 0 Å². The van der Waals surface area contributed by atoms with Crippen LogP contribution in [0.3, 0.4) is 0 Å². The van der Waals surface area contributed by atoms with Gasteiger partial charge in [0.2, 0.25) is 5.95 Å². The number of imidazole rings is 1. The molecule has 168 valence electrons. The molecule has 0 unspecified atom stereocenters. The molecule has 1 fully saturated rings. The molecule has 2 aromatic rings. The zero-order valence-corrected chi connectivity index (χ0v) is 20.0. The maximum atomic E-state index is 13.8. The monoisotopic (exact) mass is 422 g/mol. The van der Waals surface area contributed by atoms with Gasteiger partial charge in [-0.05, 0) is 69.9 Å². The molecule has 1 aliphatic carbocycles. The lowest BCUT2D eigenvalue weighted by Crippen LogP contribution is -2.40. The van der Waals surface area contributed by atoms with Crippen LogP contribution in [0, 0.1) is 26.7 Å². The van der Waals surface area contributed by atoms with Crippen LogP contribution in [-0.2, 0) is 13.0 Å². The van der Waals surface area contributed by atoms with Gasteiger partial charge in [-0.3, -0.25) is 4.79 Å². The first kappa shape index (κ1) is 21.9. The van der Waals surface area contributed by atoms with Crippen LogP contribution < -0.4 is 4.90 Å². The van der Waals surface area contributed by atoms with Crippen LogP contribution in [0.4, 0.5) is 11.6 Å². The van der Waals surface area contributed by atoms with Crippen molar-refractivity contribution in [3.05, 3.63) is 40.2 Å². The Morgan fingerprint density at radius 2 is 1.81 bits per heavy atom. The number of rotatable bonds is 7. The number of fused-ring (bicyclic) bond motifs is 1. The van der Waals surface area contributed by atoms with Crippen molar-refractivity contribution in [3.8, 4) is 0 Å². The lowest BCUT2D eigenvalue weighted by molar-refractivity contribution is 0.0683. The van der Waals surface area contributed by atoms with Gasteiger partial charge in [0.1, 0.15) is 5.69 Å². The molecule has 0 atom stereocenters. The molecule has 31 heavy (non-hydrogen) atoms. The van der Waals surface area contributed by atoms with Crippen LogP contribution in [0.1, 0.15) is 78.8 Å². The number of aromatic nitrogens is 2. The van der Waals surface area contributed by atoms with E-state index in [2.05, 4.69) is 61.1 Å². The molecule has 1 saturated carbocycles. The summed E-state index contributed by atoms with van der Waals surface area (Å²) in [6.45, 7) is 14.3. The molecule has 5 nitrogen and oxygen atoms in total. The molecule has 0 bridgehead atoms. The number of benzene rings is 1. The number of hydrogen-bond acceptors (Lipinski definition) is 3. The van der Waals surface area contributed by atoms with Crippen molar-refractivity contribution < 1.29 is 4.79 Å². The number of amides is 1. The molecule has 5 heteroatoms. The third-order valence-electron chi connectivity index (χ3n) is 6.95. The summed E-state index contributed by atoms with van der Waals surface area (Å²) in [5, 5.41) is 0. The molecule has 0 spiro atoms. The predicted octanol–water partition coefficient (Wildman–Crippen LogP) is 5.56. The molecule has 0 N–H and O–H groups in total. The van der Waals surface area contributed by atoms with Gasteiger partial charge >= 0.3 is 0 Å². The van der Waals surface area contributed by atoms with E-state index in [-0.39, 0.29) is 5.91 Å². The Bertz CT molecular complexity index is 934. The number of carbonyl (C=O) groups is 1. The number of aryl methyl sites for hydroxylation is 4. The molecule has 1 aromatic heterocycles. The molecule has 0 saturated heterocycles. The standard InChI is InChI=1S/C26H38N4O/c1-6-12-28(17-21-10-8-11-21)25(31)24-22(7-2)27-26-29(13-9-14-30(24)26)23-19(4)15-18(3)16-20(23)5/h15-16,21H,6-14,17H2,1-5H3. The Morgan fingerprint density at radius 3 is 2.39 bits per heavy atom. The fraction of sp³-hybridized carbons (Fsp3) is 0.615. The number of nitrogens with zero attached hydrogens (tertiary/aromatic N) is 4. The van der Waals surface area contributed by atoms with Gasteiger partial charge < -0.3 is 14.4 Å². The van der Waals surface area contributed by atoms with Crippen LogP contribution in [0.5, 0.6) is 0 Å². The predicted molar refractivity (Wildman–Crippen MR) is 127 cm³/mol. The first-order valence-corrected chi connectivity index (χ1v) is 12.2. The SMILES string of the molecule is CCCN(CC1CCC1)C(=O)c1c(CC)nc2n1CCCN2c1c(C)cc(C)cc1C. The Balaban J connectivity index is 1.74. The summed E-state index contributed by atoms with van der Waals surface area (Å²) in [5.41, 5.74) is 6.87. The summed E-state index contributed by atoms with van der Waals surface area (Å²) < 4.78 is 2.22. The van der Waals surface area contributed by atoms with Crippen LogP contribution in [-0.4, -0.2) is 40.0 Å². The number of carbonyl (C=O) groups excluding carboxylic acids is 1. The van der Waals surface area contributed by atoms with Gasteiger partial charge in [-0.1, -0.05) is 38.0 Å². The lowest BCUT2D eigenvalue weighted by atomic mass is 9.85. The minimum absolute atomic E-state index is 0.184. The highest BCUT2D eigenvalue weighted by atomic mass is 16.2. The quantitative estimate of drug-likeness (QED) is 0.586. The van der Waals surface area contributed by atoms with E-state index in [1.54, 1.807) is 0 Å². The highest BCUT2D eigenvalue weighted by Gasteiger charge is 2.33. The third kappa shape index (κ3) is 4.11. The van der Waals surface area contributed by atoms with Crippen molar-refractivity contribution in [3.63, 3.8) is 0 Å². The molecule has 2 aliphatic rings. The maximum absolute atomic E-state index is 13.8. The fourth-order valence-electron chi connectivity index (χ4n) is 5.37. The minimum atomic E-state index is 0.184. The lowest BCUT2D eigenvalue weighted by Gasteiger charge is -2.34. The highest BCUT2D eigenvalue weighted by molar-refractivity contribution is 5.95. The summed E-state index contributed by atoms with van der Waals surface area (Å²) in [6, 6.07) is 4.50. The van der Waals surface area contributed by atoms with E-state index in [9.17, 15) is 4.79 Å². The minimum Gasteiger partial charge on any atom is -0.337 e. The Hall–Kier alpha value is -2.30. The first-order valence-electron chi connectivity index (χ1n) is 12.2. The van der Waals surface area contributed by atoms with E-state index < -0.39 is 0 Å². The normalized spacial score (nSPS) is 16.2. The van der Waals surface area contributed by atoms with Crippen molar-refractivity contribution in [1.82, 2.24) is 14.5 Å². The van der Waals surface area contributed by atoms with Gasteiger partial charge in [0.25, 0.3) is 5.91 Å². The van der Waals surface area contributed by atoms with E-state index in [1.165, 1.54) is 41.6 Å². The molecule has 1 aliphatic heterocycles. The van der Waals surface area contributed by atoms with Crippen LogP contribution in [0.15, 0.2) is 12.1 Å².